The zero-order valence-electron chi connectivity index (χ0n) is 11.3. The number of benzene rings is 1. The summed E-state index contributed by atoms with van der Waals surface area (Å²) in [6.45, 7) is 2.09. The minimum absolute atomic E-state index is 0.512. The van der Waals surface area contributed by atoms with Gasteiger partial charge in [0.15, 0.2) is 0 Å². The standard InChI is InChI=1S/C16H19NO2/c1-12-5-3-4-6-13(12)7-8-16(18)14-9-15(19-2)11-17-10-14/h3-6,9-11,16,18H,7-8H2,1-2H3. The van der Waals surface area contributed by atoms with E-state index in [1.165, 1.54) is 11.1 Å². The summed E-state index contributed by atoms with van der Waals surface area (Å²) in [5.41, 5.74) is 3.34. The summed E-state index contributed by atoms with van der Waals surface area (Å²) < 4.78 is 5.11. The lowest BCUT2D eigenvalue weighted by atomic mass is 9.99. The molecule has 0 spiro atoms. The van der Waals surface area contributed by atoms with Crippen molar-refractivity contribution in [2.24, 2.45) is 0 Å². The Kier molecular flexibility index (Phi) is 4.53. The average Bonchev–Trinajstić information content (AvgIpc) is 2.46. The molecule has 0 saturated carbocycles. The van der Waals surface area contributed by atoms with Crippen LogP contribution in [0.4, 0.5) is 0 Å². The third-order valence-corrected chi connectivity index (χ3v) is 3.30. The molecule has 1 aromatic heterocycles. The molecule has 0 radical (unpaired) electrons. The summed E-state index contributed by atoms with van der Waals surface area (Å²) >= 11 is 0. The van der Waals surface area contributed by atoms with Gasteiger partial charge < -0.3 is 9.84 Å². The Hall–Kier alpha value is -1.87. The van der Waals surface area contributed by atoms with Crippen LogP contribution in [-0.4, -0.2) is 17.2 Å². The highest BCUT2D eigenvalue weighted by atomic mass is 16.5. The van der Waals surface area contributed by atoms with E-state index in [9.17, 15) is 5.11 Å². The minimum atomic E-state index is -0.512. The molecule has 1 aromatic carbocycles. The number of hydrogen-bond acceptors (Lipinski definition) is 3. The van der Waals surface area contributed by atoms with Gasteiger partial charge in [-0.3, -0.25) is 4.98 Å². The molecule has 1 unspecified atom stereocenters. The van der Waals surface area contributed by atoms with Gasteiger partial charge in [-0.1, -0.05) is 24.3 Å². The molecule has 1 N–H and O–H groups in total. The Morgan fingerprint density at radius 3 is 2.79 bits per heavy atom. The first kappa shape index (κ1) is 13.6. The molecular weight excluding hydrogens is 238 g/mol. The summed E-state index contributed by atoms with van der Waals surface area (Å²) in [6, 6.07) is 10.1. The van der Waals surface area contributed by atoms with E-state index in [1.54, 1.807) is 19.5 Å². The monoisotopic (exact) mass is 257 g/mol. The highest BCUT2D eigenvalue weighted by Crippen LogP contribution is 2.22. The summed E-state index contributed by atoms with van der Waals surface area (Å²) in [5, 5.41) is 10.2. The number of rotatable bonds is 5. The molecule has 0 fully saturated rings. The molecule has 0 amide bonds. The fourth-order valence-corrected chi connectivity index (χ4v) is 2.08. The van der Waals surface area contributed by atoms with Gasteiger partial charge in [-0.15, -0.1) is 0 Å². The summed E-state index contributed by atoms with van der Waals surface area (Å²) in [4.78, 5) is 4.06. The van der Waals surface area contributed by atoms with Crippen LogP contribution in [0.15, 0.2) is 42.7 Å². The Morgan fingerprint density at radius 1 is 1.26 bits per heavy atom. The van der Waals surface area contributed by atoms with Crippen LogP contribution >= 0.6 is 0 Å². The maximum atomic E-state index is 10.2. The van der Waals surface area contributed by atoms with Crippen LogP contribution in [-0.2, 0) is 6.42 Å². The fraction of sp³-hybridized carbons (Fsp3) is 0.312. The van der Waals surface area contributed by atoms with Crippen molar-refractivity contribution in [2.45, 2.75) is 25.9 Å². The number of aryl methyl sites for hydroxylation is 2. The van der Waals surface area contributed by atoms with Gasteiger partial charge in [0.2, 0.25) is 0 Å². The minimum Gasteiger partial charge on any atom is -0.495 e. The molecule has 0 aliphatic heterocycles. The van der Waals surface area contributed by atoms with Gasteiger partial charge in [0.1, 0.15) is 5.75 Å². The summed E-state index contributed by atoms with van der Waals surface area (Å²) in [7, 11) is 1.60. The lowest BCUT2D eigenvalue weighted by Gasteiger charge is -2.12. The smallest absolute Gasteiger partial charge is 0.137 e. The first-order valence-electron chi connectivity index (χ1n) is 6.42. The second kappa shape index (κ2) is 6.34. The van der Waals surface area contributed by atoms with Gasteiger partial charge in [0.25, 0.3) is 0 Å². The number of methoxy groups -OCH3 is 1. The van der Waals surface area contributed by atoms with E-state index in [-0.39, 0.29) is 0 Å². The first-order chi connectivity index (χ1) is 9.20. The molecule has 1 heterocycles. The topological polar surface area (TPSA) is 42.4 Å². The second-order valence-corrected chi connectivity index (χ2v) is 4.64. The zero-order chi connectivity index (χ0) is 13.7. The number of nitrogens with zero attached hydrogens (tertiary/aromatic N) is 1. The van der Waals surface area contributed by atoms with Gasteiger partial charge >= 0.3 is 0 Å². The predicted octanol–water partition coefficient (Wildman–Crippen LogP) is 3.06. The molecular formula is C16H19NO2. The fourth-order valence-electron chi connectivity index (χ4n) is 2.08. The van der Waals surface area contributed by atoms with Crippen LogP contribution in [0.3, 0.4) is 0 Å². The van der Waals surface area contributed by atoms with Crippen LogP contribution in [0.25, 0.3) is 0 Å². The van der Waals surface area contributed by atoms with Crippen molar-refractivity contribution in [2.75, 3.05) is 7.11 Å². The Morgan fingerprint density at radius 2 is 2.05 bits per heavy atom. The van der Waals surface area contributed by atoms with E-state index in [4.69, 9.17) is 4.74 Å². The van der Waals surface area contributed by atoms with Crippen LogP contribution in [0.5, 0.6) is 5.75 Å². The summed E-state index contributed by atoms with van der Waals surface area (Å²) in [5.74, 6) is 0.674. The van der Waals surface area contributed by atoms with Crippen molar-refractivity contribution in [1.29, 1.82) is 0 Å². The number of aliphatic hydroxyl groups is 1. The third kappa shape index (κ3) is 3.55. The number of ether oxygens (including phenoxy) is 1. The van der Waals surface area contributed by atoms with E-state index < -0.39 is 6.10 Å². The predicted molar refractivity (Wildman–Crippen MR) is 75.2 cm³/mol. The second-order valence-electron chi connectivity index (χ2n) is 4.64. The van der Waals surface area contributed by atoms with E-state index in [0.717, 1.165) is 12.0 Å². The van der Waals surface area contributed by atoms with E-state index in [1.807, 2.05) is 18.2 Å². The average molecular weight is 257 g/mol. The van der Waals surface area contributed by atoms with Gasteiger partial charge in [-0.2, -0.15) is 0 Å². The molecule has 0 aliphatic carbocycles. The maximum Gasteiger partial charge on any atom is 0.137 e. The van der Waals surface area contributed by atoms with Crippen LogP contribution < -0.4 is 4.74 Å². The van der Waals surface area contributed by atoms with Gasteiger partial charge in [0.05, 0.1) is 19.4 Å². The van der Waals surface area contributed by atoms with Crippen molar-refractivity contribution < 1.29 is 9.84 Å². The molecule has 100 valence electrons. The van der Waals surface area contributed by atoms with Crippen molar-refractivity contribution >= 4 is 0 Å². The maximum absolute atomic E-state index is 10.2. The van der Waals surface area contributed by atoms with Crippen LogP contribution in [0, 0.1) is 6.92 Å². The SMILES string of the molecule is COc1cncc(C(O)CCc2ccccc2C)c1. The molecule has 19 heavy (non-hydrogen) atoms. The number of aromatic nitrogens is 1. The van der Waals surface area contributed by atoms with Gasteiger partial charge in [-0.05, 0) is 37.0 Å². The van der Waals surface area contributed by atoms with Gasteiger partial charge in [0, 0.05) is 11.8 Å². The molecule has 3 nitrogen and oxygen atoms in total. The Labute approximate surface area is 113 Å². The largest absolute Gasteiger partial charge is 0.495 e. The van der Waals surface area contributed by atoms with Crippen molar-refractivity contribution in [3.8, 4) is 5.75 Å². The van der Waals surface area contributed by atoms with Crippen molar-refractivity contribution in [3.05, 3.63) is 59.4 Å². The van der Waals surface area contributed by atoms with E-state index in [0.29, 0.717) is 12.2 Å². The zero-order valence-corrected chi connectivity index (χ0v) is 11.3. The number of aliphatic hydroxyl groups excluding tert-OH is 1. The third-order valence-electron chi connectivity index (χ3n) is 3.30. The van der Waals surface area contributed by atoms with Gasteiger partial charge in [-0.25, -0.2) is 0 Å². The Balaban J connectivity index is 2.01. The van der Waals surface area contributed by atoms with Crippen molar-refractivity contribution in [1.82, 2.24) is 4.98 Å². The molecule has 1 atom stereocenters. The molecule has 2 aromatic rings. The lowest BCUT2D eigenvalue weighted by molar-refractivity contribution is 0.167. The molecule has 0 bridgehead atoms. The normalized spacial score (nSPS) is 12.2. The lowest BCUT2D eigenvalue weighted by Crippen LogP contribution is -2.01. The molecule has 0 aliphatic rings. The summed E-state index contributed by atoms with van der Waals surface area (Å²) in [6.07, 6.45) is 4.34. The molecule has 2 rings (SSSR count). The molecule has 0 saturated heterocycles. The highest BCUT2D eigenvalue weighted by molar-refractivity contribution is 5.27. The van der Waals surface area contributed by atoms with E-state index in [2.05, 4.69) is 24.0 Å². The molecule has 3 heteroatoms. The van der Waals surface area contributed by atoms with Crippen LogP contribution in [0.1, 0.15) is 29.2 Å². The Bertz CT molecular complexity index is 540. The van der Waals surface area contributed by atoms with E-state index >= 15 is 0 Å². The van der Waals surface area contributed by atoms with Crippen LogP contribution in [0.2, 0.25) is 0 Å². The number of hydrogen-bond donors (Lipinski definition) is 1. The first-order valence-corrected chi connectivity index (χ1v) is 6.42. The van der Waals surface area contributed by atoms with Crippen molar-refractivity contribution in [3.63, 3.8) is 0 Å². The number of pyridine rings is 1. The highest BCUT2D eigenvalue weighted by Gasteiger charge is 2.10. The quantitative estimate of drug-likeness (QED) is 0.895.